The number of aryl methyl sites for hydroxylation is 3. The minimum Gasteiger partial charge on any atom is -0.456 e. The Bertz CT molecular complexity index is 3150. The third-order valence-corrected chi connectivity index (χ3v) is 11.3. The Kier molecular flexibility index (Phi) is 12.3. The lowest BCUT2D eigenvalue weighted by atomic mass is 10.0. The molecule has 0 aliphatic heterocycles. The fourth-order valence-corrected chi connectivity index (χ4v) is 8.20. The second-order valence-corrected chi connectivity index (χ2v) is 15.9. The van der Waals surface area contributed by atoms with Crippen LogP contribution in [-0.2, 0) is 6.42 Å². The molecule has 0 saturated carbocycles. The van der Waals surface area contributed by atoms with Gasteiger partial charge in [0.25, 0.3) is 0 Å². The molecule has 0 radical (unpaired) electrons. The van der Waals surface area contributed by atoms with Crippen LogP contribution in [0.2, 0.25) is 0 Å². The highest BCUT2D eigenvalue weighted by Gasteiger charge is 2.12. The summed E-state index contributed by atoms with van der Waals surface area (Å²) in [6.45, 7) is 10.7. The summed E-state index contributed by atoms with van der Waals surface area (Å²) in [4.78, 5) is 0. The van der Waals surface area contributed by atoms with Gasteiger partial charge in [-0.2, -0.15) is 0 Å². The Morgan fingerprint density at radius 3 is 1.03 bits per heavy atom. The quantitative estimate of drug-likeness (QED) is 0.154. The van der Waals surface area contributed by atoms with Crippen LogP contribution in [0.4, 0.5) is 0 Å². The lowest BCUT2D eigenvalue weighted by Gasteiger charge is -2.00. The molecule has 0 atom stereocenters. The van der Waals surface area contributed by atoms with Gasteiger partial charge in [0.05, 0.1) is 3.57 Å². The molecule has 0 saturated heterocycles. The molecule has 0 unspecified atom stereocenters. The van der Waals surface area contributed by atoms with Crippen molar-refractivity contribution in [3.05, 3.63) is 190 Å². The van der Waals surface area contributed by atoms with Gasteiger partial charge in [-0.05, 0) is 102 Å². The molecule has 298 valence electrons. The fourth-order valence-electron chi connectivity index (χ4n) is 7.64. The zero-order valence-corrected chi connectivity index (χ0v) is 36.7. The zero-order chi connectivity index (χ0) is 41.6. The third kappa shape index (κ3) is 8.15. The Balaban J connectivity index is 0.000000109. The third-order valence-electron chi connectivity index (χ3n) is 10.5. The van der Waals surface area contributed by atoms with Crippen LogP contribution < -0.4 is 0 Å². The lowest BCUT2D eigenvalue weighted by molar-refractivity contribution is 0.663. The average molecular weight is 899 g/mol. The smallest absolute Gasteiger partial charge is 0.148 e. The molecular formula is C55H47IO4. The number of rotatable bonds is 1. The highest BCUT2D eigenvalue weighted by Crippen LogP contribution is 2.35. The van der Waals surface area contributed by atoms with Crippen molar-refractivity contribution in [1.29, 1.82) is 0 Å². The van der Waals surface area contributed by atoms with Gasteiger partial charge in [0.1, 0.15) is 44.7 Å². The summed E-state index contributed by atoms with van der Waals surface area (Å²) in [5.41, 5.74) is 11.7. The van der Waals surface area contributed by atoms with Crippen LogP contribution in [0.1, 0.15) is 43.9 Å². The second-order valence-electron chi connectivity index (χ2n) is 14.8. The monoisotopic (exact) mass is 898 g/mol. The van der Waals surface area contributed by atoms with Crippen molar-refractivity contribution >= 4 is 110 Å². The maximum Gasteiger partial charge on any atom is 0.148 e. The van der Waals surface area contributed by atoms with Gasteiger partial charge in [-0.3, -0.25) is 0 Å². The first kappa shape index (κ1) is 40.5. The van der Waals surface area contributed by atoms with E-state index >= 15 is 0 Å². The highest BCUT2D eigenvalue weighted by atomic mass is 127. The van der Waals surface area contributed by atoms with Gasteiger partial charge in [0.15, 0.2) is 0 Å². The first-order valence-electron chi connectivity index (χ1n) is 20.6. The minimum absolute atomic E-state index is 0.962. The van der Waals surface area contributed by atoms with E-state index in [1.54, 1.807) is 0 Å². The number of para-hydroxylation sites is 6. The first-order valence-corrected chi connectivity index (χ1v) is 21.7. The van der Waals surface area contributed by atoms with Gasteiger partial charge in [0.2, 0.25) is 0 Å². The van der Waals surface area contributed by atoms with Crippen molar-refractivity contribution in [3.8, 4) is 0 Å². The van der Waals surface area contributed by atoms with Crippen LogP contribution in [0.15, 0.2) is 188 Å². The SMILES string of the molecule is CCC.CCc1ccc(C)c2c1oc1ccccc12.Cc1ccc(I)c2oc3ccccc3c12.c1ccc2c(c1)oc1ccccc12.c1ccc2c(c1)oc1ccccc12. The molecule has 0 bridgehead atoms. The number of furan rings is 4. The Morgan fingerprint density at radius 2 is 0.650 bits per heavy atom. The van der Waals surface area contributed by atoms with E-state index < -0.39 is 0 Å². The van der Waals surface area contributed by atoms with Gasteiger partial charge < -0.3 is 17.7 Å². The molecule has 60 heavy (non-hydrogen) atoms. The zero-order valence-electron chi connectivity index (χ0n) is 34.6. The van der Waals surface area contributed by atoms with Crippen LogP contribution in [0.3, 0.4) is 0 Å². The summed E-state index contributed by atoms with van der Waals surface area (Å²) >= 11 is 2.32. The van der Waals surface area contributed by atoms with E-state index in [2.05, 4.69) is 130 Å². The van der Waals surface area contributed by atoms with E-state index in [0.29, 0.717) is 0 Å². The second kappa shape index (κ2) is 18.3. The summed E-state index contributed by atoms with van der Waals surface area (Å²) in [7, 11) is 0. The van der Waals surface area contributed by atoms with Crippen molar-refractivity contribution in [2.45, 2.75) is 47.5 Å². The Morgan fingerprint density at radius 1 is 0.350 bits per heavy atom. The molecule has 0 aliphatic carbocycles. The Hall–Kier alpha value is -6.31. The normalized spacial score (nSPS) is 11.0. The predicted octanol–water partition coefficient (Wildman–Crippen LogP) is 17.5. The molecule has 0 N–H and O–H groups in total. The van der Waals surface area contributed by atoms with E-state index in [1.165, 1.54) is 69.8 Å². The standard InChI is InChI=1S/C15H14O.C13H9IO.2C12H8O.C3H8/c1-3-11-9-8-10(2)14-12-6-4-5-7-13(12)16-15(11)14;1-8-6-7-10(14)13-12(8)9-4-2-3-5-11(9)15-13;2*1-3-7-11-9(5-1)10-6-2-4-8-12(10)13-11;1-3-2/h4-9H,3H2,1-2H3;2-7H,1H3;2*1-8H;3H2,1-2H3. The first-order chi connectivity index (χ1) is 29.4. The summed E-state index contributed by atoms with van der Waals surface area (Å²) < 4.78 is 24.3. The fraction of sp³-hybridized carbons (Fsp3) is 0.127. The summed E-state index contributed by atoms with van der Waals surface area (Å²) in [6.07, 6.45) is 2.26. The van der Waals surface area contributed by atoms with Gasteiger partial charge >= 0.3 is 0 Å². The molecule has 8 aromatic carbocycles. The number of halogens is 1. The molecule has 4 nitrogen and oxygen atoms in total. The molecule has 5 heteroatoms. The van der Waals surface area contributed by atoms with Crippen LogP contribution >= 0.6 is 22.6 Å². The van der Waals surface area contributed by atoms with Crippen LogP contribution in [0.5, 0.6) is 0 Å². The van der Waals surface area contributed by atoms with Gasteiger partial charge in [0, 0.05) is 43.1 Å². The number of fused-ring (bicyclic) bond motifs is 12. The van der Waals surface area contributed by atoms with Gasteiger partial charge in [-0.15, -0.1) is 0 Å². The average Bonchev–Trinajstić information content (AvgIpc) is 4.07. The largest absolute Gasteiger partial charge is 0.456 e. The molecule has 0 fully saturated rings. The number of hydrogen-bond acceptors (Lipinski definition) is 4. The van der Waals surface area contributed by atoms with Crippen molar-refractivity contribution in [1.82, 2.24) is 0 Å². The van der Waals surface area contributed by atoms with Crippen LogP contribution in [-0.4, -0.2) is 0 Å². The van der Waals surface area contributed by atoms with Crippen molar-refractivity contribution in [3.63, 3.8) is 0 Å². The van der Waals surface area contributed by atoms with E-state index in [9.17, 15) is 0 Å². The maximum absolute atomic E-state index is 5.96. The molecule has 0 aliphatic rings. The highest BCUT2D eigenvalue weighted by molar-refractivity contribution is 14.1. The molecule has 4 heterocycles. The van der Waals surface area contributed by atoms with Gasteiger partial charge in [-0.25, -0.2) is 0 Å². The lowest BCUT2D eigenvalue weighted by Crippen LogP contribution is -1.82. The molecule has 4 aromatic heterocycles. The summed E-state index contributed by atoms with van der Waals surface area (Å²) in [5.74, 6) is 0. The molecule has 12 rings (SSSR count). The minimum atomic E-state index is 0.962. The van der Waals surface area contributed by atoms with Crippen molar-refractivity contribution in [2.24, 2.45) is 0 Å². The van der Waals surface area contributed by atoms with E-state index in [-0.39, 0.29) is 0 Å². The maximum atomic E-state index is 5.96. The summed E-state index contributed by atoms with van der Waals surface area (Å²) in [6, 6.07) is 57.4. The molecule has 12 aromatic rings. The molecule has 0 amide bonds. The van der Waals surface area contributed by atoms with Crippen molar-refractivity contribution in [2.75, 3.05) is 0 Å². The van der Waals surface area contributed by atoms with E-state index in [4.69, 9.17) is 17.7 Å². The van der Waals surface area contributed by atoms with Gasteiger partial charge in [-0.1, -0.05) is 155 Å². The number of hydrogen-bond donors (Lipinski definition) is 0. The van der Waals surface area contributed by atoms with Crippen LogP contribution in [0, 0.1) is 17.4 Å². The Labute approximate surface area is 363 Å². The van der Waals surface area contributed by atoms with E-state index in [1.807, 2.05) is 97.1 Å². The van der Waals surface area contributed by atoms with E-state index in [0.717, 1.165) is 51.1 Å². The van der Waals surface area contributed by atoms with Crippen LogP contribution in [0.25, 0.3) is 87.8 Å². The van der Waals surface area contributed by atoms with Crippen molar-refractivity contribution < 1.29 is 17.7 Å². The predicted molar refractivity (Wildman–Crippen MR) is 262 cm³/mol. The topological polar surface area (TPSA) is 52.6 Å². The molecular weight excluding hydrogens is 852 g/mol. The molecule has 0 spiro atoms. The number of benzene rings is 8. The summed E-state index contributed by atoms with van der Waals surface area (Å²) in [5, 5.41) is 9.73.